The molecule has 1 aliphatic rings. The quantitative estimate of drug-likeness (QED) is 0.606. The summed E-state index contributed by atoms with van der Waals surface area (Å²) in [6.45, 7) is 3.70. The number of nitrogens with zero attached hydrogens (tertiary/aromatic N) is 1. The minimum absolute atomic E-state index is 0.0232. The van der Waals surface area contributed by atoms with E-state index in [4.69, 9.17) is 5.73 Å². The smallest absolute Gasteiger partial charge is 0.406 e. The number of hydrogen-bond acceptors (Lipinski definition) is 6. The van der Waals surface area contributed by atoms with Crippen molar-refractivity contribution in [2.75, 3.05) is 5.32 Å². The van der Waals surface area contributed by atoms with Gasteiger partial charge in [-0.3, -0.25) is 9.59 Å². The number of carbonyl (C=O) groups is 2. The van der Waals surface area contributed by atoms with Gasteiger partial charge in [-0.1, -0.05) is 25.2 Å². The average Bonchev–Trinajstić information content (AvgIpc) is 2.98. The van der Waals surface area contributed by atoms with E-state index in [0.717, 1.165) is 23.8 Å². The maximum absolute atomic E-state index is 12.5. The van der Waals surface area contributed by atoms with Gasteiger partial charge in [-0.15, -0.1) is 13.2 Å². The van der Waals surface area contributed by atoms with Gasteiger partial charge in [-0.25, -0.2) is 4.98 Å². The molecule has 0 unspecified atom stereocenters. The number of fused-ring (bicyclic) bond motifs is 1. The van der Waals surface area contributed by atoms with Crippen molar-refractivity contribution in [1.82, 2.24) is 10.3 Å². The van der Waals surface area contributed by atoms with E-state index >= 15 is 0 Å². The van der Waals surface area contributed by atoms with Crippen LogP contribution in [0.3, 0.4) is 0 Å². The first-order valence-electron chi connectivity index (χ1n) is 9.50. The SMILES string of the molecule is CC(C)[C@@H](N)C(=O)NC1(CC(=O)Nc2nc3ccc(OC(F)(F)F)cc3s2)CCC1. The van der Waals surface area contributed by atoms with Crippen LogP contribution >= 0.6 is 11.3 Å². The Labute approximate surface area is 175 Å². The first kappa shape index (κ1) is 22.3. The molecule has 0 bridgehead atoms. The minimum atomic E-state index is -4.78. The number of amides is 2. The number of anilines is 1. The topological polar surface area (TPSA) is 106 Å². The van der Waals surface area contributed by atoms with Crippen LogP contribution < -0.4 is 21.1 Å². The molecule has 1 heterocycles. The summed E-state index contributed by atoms with van der Waals surface area (Å²) in [4.78, 5) is 29.1. The van der Waals surface area contributed by atoms with E-state index in [2.05, 4.69) is 20.4 Å². The molecule has 1 fully saturated rings. The molecule has 1 saturated carbocycles. The van der Waals surface area contributed by atoms with Gasteiger partial charge in [0, 0.05) is 11.6 Å². The summed E-state index contributed by atoms with van der Waals surface area (Å²) in [6.07, 6.45) is -2.46. The van der Waals surface area contributed by atoms with Crippen molar-refractivity contribution in [3.63, 3.8) is 0 Å². The summed E-state index contributed by atoms with van der Waals surface area (Å²) in [5.74, 6) is -0.993. The van der Waals surface area contributed by atoms with Crippen LogP contribution in [0.15, 0.2) is 18.2 Å². The van der Waals surface area contributed by atoms with Gasteiger partial charge in [0.05, 0.1) is 22.7 Å². The lowest BCUT2D eigenvalue weighted by molar-refractivity contribution is -0.274. The molecule has 11 heteroatoms. The van der Waals surface area contributed by atoms with Crippen molar-refractivity contribution in [3.8, 4) is 5.75 Å². The number of benzene rings is 1. The van der Waals surface area contributed by atoms with Crippen LogP contribution in [0.4, 0.5) is 18.3 Å². The van der Waals surface area contributed by atoms with Crippen molar-refractivity contribution in [3.05, 3.63) is 18.2 Å². The lowest BCUT2D eigenvalue weighted by atomic mass is 9.74. The predicted octanol–water partition coefficient (Wildman–Crippen LogP) is 3.55. The fourth-order valence-electron chi connectivity index (χ4n) is 3.22. The molecule has 1 atom stereocenters. The maximum atomic E-state index is 12.5. The van der Waals surface area contributed by atoms with Crippen molar-refractivity contribution in [1.29, 1.82) is 0 Å². The summed E-state index contributed by atoms with van der Waals surface area (Å²) in [5, 5.41) is 5.85. The minimum Gasteiger partial charge on any atom is -0.406 e. The van der Waals surface area contributed by atoms with Gasteiger partial charge in [0.25, 0.3) is 0 Å². The zero-order valence-corrected chi connectivity index (χ0v) is 17.3. The normalized spacial score (nSPS) is 16.8. The molecule has 7 nitrogen and oxygen atoms in total. The number of alkyl halides is 3. The third kappa shape index (κ3) is 5.39. The molecule has 3 rings (SSSR count). The second-order valence-corrected chi connectivity index (χ2v) is 8.84. The zero-order valence-electron chi connectivity index (χ0n) is 16.5. The average molecular weight is 444 g/mol. The number of ether oxygens (including phenoxy) is 1. The molecule has 2 amide bonds. The number of aromatic nitrogens is 1. The van der Waals surface area contributed by atoms with Crippen molar-refractivity contribution < 1.29 is 27.5 Å². The zero-order chi connectivity index (χ0) is 22.1. The Hall–Kier alpha value is -2.40. The summed E-state index contributed by atoms with van der Waals surface area (Å²) in [7, 11) is 0. The monoisotopic (exact) mass is 444 g/mol. The van der Waals surface area contributed by atoms with E-state index in [1.165, 1.54) is 12.1 Å². The first-order chi connectivity index (χ1) is 14.0. The molecule has 0 spiro atoms. The van der Waals surface area contributed by atoms with Gasteiger partial charge in [0.1, 0.15) is 5.75 Å². The van der Waals surface area contributed by atoms with Gasteiger partial charge >= 0.3 is 6.36 Å². The Balaban J connectivity index is 1.65. The standard InChI is InChI=1S/C19H23F3N4O3S/c1-10(2)15(23)16(28)26-18(6-3-7-18)9-14(27)25-17-24-12-5-4-11(8-13(12)30-17)29-19(20,21)22/h4-5,8,10,15H,3,6-7,9,23H2,1-2H3,(H,26,28)(H,24,25,27)/t15-/m1/s1. The van der Waals surface area contributed by atoms with E-state index in [-0.39, 0.29) is 35.0 Å². The fourth-order valence-corrected chi connectivity index (χ4v) is 4.13. The summed E-state index contributed by atoms with van der Waals surface area (Å²) < 4.78 is 41.5. The van der Waals surface area contributed by atoms with E-state index in [9.17, 15) is 22.8 Å². The summed E-state index contributed by atoms with van der Waals surface area (Å²) in [5.41, 5.74) is 5.71. The third-order valence-corrected chi connectivity index (χ3v) is 5.99. The molecular weight excluding hydrogens is 421 g/mol. The van der Waals surface area contributed by atoms with Crippen LogP contribution in [-0.4, -0.2) is 34.7 Å². The number of halogens is 3. The van der Waals surface area contributed by atoms with Gasteiger partial charge in [0.15, 0.2) is 5.13 Å². The molecule has 4 N–H and O–H groups in total. The summed E-state index contributed by atoms with van der Waals surface area (Å²) >= 11 is 1.04. The molecule has 0 saturated heterocycles. The lowest BCUT2D eigenvalue weighted by Gasteiger charge is -2.42. The maximum Gasteiger partial charge on any atom is 0.573 e. The Morgan fingerprint density at radius 2 is 2.03 bits per heavy atom. The van der Waals surface area contributed by atoms with Gasteiger partial charge in [-0.2, -0.15) is 0 Å². The molecule has 0 radical (unpaired) electrons. The van der Waals surface area contributed by atoms with Gasteiger partial charge < -0.3 is 21.1 Å². The number of hydrogen-bond donors (Lipinski definition) is 3. The number of nitrogens with two attached hydrogens (primary N) is 1. The van der Waals surface area contributed by atoms with Crippen LogP contribution in [0.25, 0.3) is 10.2 Å². The van der Waals surface area contributed by atoms with E-state index < -0.39 is 17.9 Å². The summed E-state index contributed by atoms with van der Waals surface area (Å²) in [6, 6.07) is 3.13. The highest BCUT2D eigenvalue weighted by Crippen LogP contribution is 2.36. The lowest BCUT2D eigenvalue weighted by Crippen LogP contribution is -2.59. The highest BCUT2D eigenvalue weighted by molar-refractivity contribution is 7.22. The number of nitrogens with one attached hydrogen (secondary N) is 2. The Morgan fingerprint density at radius 3 is 2.60 bits per heavy atom. The second kappa shape index (κ2) is 8.38. The van der Waals surface area contributed by atoms with Crippen LogP contribution in [-0.2, 0) is 9.59 Å². The van der Waals surface area contributed by atoms with Gasteiger partial charge in [-0.05, 0) is 37.3 Å². The fraction of sp³-hybridized carbons (Fsp3) is 0.526. The van der Waals surface area contributed by atoms with Crippen LogP contribution in [0.1, 0.15) is 39.5 Å². The van der Waals surface area contributed by atoms with E-state index in [1.807, 2.05) is 13.8 Å². The Morgan fingerprint density at radius 1 is 1.33 bits per heavy atom. The third-order valence-electron chi connectivity index (χ3n) is 5.06. The molecule has 0 aliphatic heterocycles. The Bertz CT molecular complexity index is 941. The molecule has 1 aromatic carbocycles. The van der Waals surface area contributed by atoms with Crippen molar-refractivity contribution >= 4 is 38.5 Å². The highest BCUT2D eigenvalue weighted by Gasteiger charge is 2.41. The predicted molar refractivity (Wildman–Crippen MR) is 107 cm³/mol. The molecule has 2 aromatic rings. The number of carbonyl (C=O) groups excluding carboxylic acids is 2. The number of rotatable bonds is 7. The van der Waals surface area contributed by atoms with Crippen molar-refractivity contribution in [2.45, 2.75) is 57.5 Å². The van der Waals surface area contributed by atoms with Crippen LogP contribution in [0, 0.1) is 5.92 Å². The van der Waals surface area contributed by atoms with E-state index in [1.54, 1.807) is 0 Å². The second-order valence-electron chi connectivity index (χ2n) is 7.81. The molecule has 1 aliphatic carbocycles. The van der Waals surface area contributed by atoms with Crippen molar-refractivity contribution in [2.24, 2.45) is 11.7 Å². The largest absolute Gasteiger partial charge is 0.573 e. The molecule has 164 valence electrons. The Kier molecular flexibility index (Phi) is 6.23. The van der Waals surface area contributed by atoms with Gasteiger partial charge in [0.2, 0.25) is 11.8 Å². The first-order valence-corrected chi connectivity index (χ1v) is 10.3. The molecular formula is C19H23F3N4O3S. The van der Waals surface area contributed by atoms with Crippen LogP contribution in [0.2, 0.25) is 0 Å². The highest BCUT2D eigenvalue weighted by atomic mass is 32.1. The molecule has 30 heavy (non-hydrogen) atoms. The van der Waals surface area contributed by atoms with Crippen LogP contribution in [0.5, 0.6) is 5.75 Å². The number of thiazole rings is 1. The van der Waals surface area contributed by atoms with E-state index in [0.29, 0.717) is 23.1 Å². The molecule has 1 aromatic heterocycles.